The van der Waals surface area contributed by atoms with Crippen molar-refractivity contribution in [1.82, 2.24) is 25.2 Å². The van der Waals surface area contributed by atoms with E-state index in [1.165, 1.54) is 36.4 Å². The minimum absolute atomic E-state index is 0.0136. The number of carbonyl (C=O) groups is 1. The van der Waals surface area contributed by atoms with Crippen LogP contribution in [0, 0.1) is 6.92 Å². The molecule has 0 radical (unpaired) electrons. The number of nitrogens with zero attached hydrogens (tertiary/aromatic N) is 4. The summed E-state index contributed by atoms with van der Waals surface area (Å²) < 4.78 is 53.9. The number of rotatable bonds is 7. The Hall–Kier alpha value is -4.71. The smallest absolute Gasteiger partial charge is 0.378 e. The molecule has 0 aliphatic rings. The van der Waals surface area contributed by atoms with Crippen molar-refractivity contribution in [2.75, 3.05) is 0 Å². The van der Waals surface area contributed by atoms with Gasteiger partial charge in [0, 0.05) is 29.6 Å². The number of aliphatic hydroxyl groups excluding tert-OH is 1. The van der Waals surface area contributed by atoms with E-state index in [0.717, 1.165) is 11.4 Å². The molecule has 0 saturated carbocycles. The number of hydrogen-bond donors (Lipinski definition) is 2. The molecule has 12 heteroatoms. The maximum absolute atomic E-state index is 14.0. The molecule has 0 bridgehead atoms. The fraction of sp³-hybridized carbons (Fsp3) is 0.185. The van der Waals surface area contributed by atoms with Crippen LogP contribution in [0.1, 0.15) is 28.6 Å². The van der Waals surface area contributed by atoms with E-state index in [4.69, 9.17) is 9.05 Å². The third kappa shape index (κ3) is 5.18. The Labute approximate surface area is 219 Å². The van der Waals surface area contributed by atoms with E-state index in [0.29, 0.717) is 11.1 Å². The van der Waals surface area contributed by atoms with E-state index in [9.17, 15) is 23.1 Å². The maximum Gasteiger partial charge on any atom is 0.422 e. The first kappa shape index (κ1) is 25.9. The molecular formula is C27H22F3N5O4. The molecule has 3 heterocycles. The first-order chi connectivity index (χ1) is 18.6. The predicted molar refractivity (Wildman–Crippen MR) is 133 cm³/mol. The van der Waals surface area contributed by atoms with Gasteiger partial charge in [-0.25, -0.2) is 0 Å². The lowest BCUT2D eigenvalue weighted by atomic mass is 10.1. The number of aliphatic hydroxyl groups is 1. The van der Waals surface area contributed by atoms with Gasteiger partial charge >= 0.3 is 6.18 Å². The van der Waals surface area contributed by atoms with Crippen LogP contribution in [0.5, 0.6) is 0 Å². The molecule has 5 rings (SSSR count). The van der Waals surface area contributed by atoms with Crippen molar-refractivity contribution in [2.24, 2.45) is 7.05 Å². The lowest BCUT2D eigenvalue weighted by molar-refractivity contribution is -0.137. The normalized spacial score (nSPS) is 12.5. The van der Waals surface area contributed by atoms with Gasteiger partial charge in [-0.2, -0.15) is 18.2 Å². The Morgan fingerprint density at radius 1 is 1.00 bits per heavy atom. The number of carbonyl (C=O) groups excluding carboxylic acids is 1. The zero-order valence-corrected chi connectivity index (χ0v) is 20.7. The summed E-state index contributed by atoms with van der Waals surface area (Å²) in [5.74, 6) is -1.79. The quantitative estimate of drug-likeness (QED) is 0.297. The summed E-state index contributed by atoms with van der Waals surface area (Å²) in [7, 11) is 1.88. The van der Waals surface area contributed by atoms with E-state index < -0.39 is 41.1 Å². The second-order valence-electron chi connectivity index (χ2n) is 8.79. The molecule has 2 N–H and O–H groups in total. The number of aryl methyl sites for hydroxylation is 1. The van der Waals surface area contributed by atoms with E-state index in [-0.39, 0.29) is 17.9 Å². The minimum Gasteiger partial charge on any atom is -0.378 e. The Balaban J connectivity index is 1.33. The average molecular weight is 537 g/mol. The molecule has 200 valence electrons. The van der Waals surface area contributed by atoms with Crippen molar-refractivity contribution in [1.29, 1.82) is 0 Å². The highest BCUT2D eigenvalue weighted by Crippen LogP contribution is 2.43. The molecule has 5 aromatic rings. The van der Waals surface area contributed by atoms with E-state index >= 15 is 0 Å². The van der Waals surface area contributed by atoms with Gasteiger partial charge in [0.25, 0.3) is 11.8 Å². The Morgan fingerprint density at radius 3 is 2.36 bits per heavy atom. The molecule has 0 spiro atoms. The lowest BCUT2D eigenvalue weighted by Gasteiger charge is -2.13. The van der Waals surface area contributed by atoms with Crippen LogP contribution in [-0.2, 0) is 24.6 Å². The summed E-state index contributed by atoms with van der Waals surface area (Å²) in [5.41, 5.74) is 1.32. The van der Waals surface area contributed by atoms with Gasteiger partial charge in [0.2, 0.25) is 11.6 Å². The second kappa shape index (κ2) is 10.2. The van der Waals surface area contributed by atoms with E-state index in [2.05, 4.69) is 20.6 Å². The molecule has 9 nitrogen and oxygen atoms in total. The van der Waals surface area contributed by atoms with Gasteiger partial charge in [-0.15, -0.1) is 0 Å². The summed E-state index contributed by atoms with van der Waals surface area (Å²) in [6.45, 7) is 2.19. The van der Waals surface area contributed by atoms with Crippen LogP contribution in [0.3, 0.4) is 0 Å². The summed E-state index contributed by atoms with van der Waals surface area (Å²) in [6, 6.07) is 17.6. The number of halogens is 3. The van der Waals surface area contributed by atoms with E-state index in [1.54, 1.807) is 18.2 Å². The first-order valence-electron chi connectivity index (χ1n) is 11.8. The molecule has 0 aliphatic carbocycles. The Kier molecular flexibility index (Phi) is 6.79. The van der Waals surface area contributed by atoms with Gasteiger partial charge in [-0.1, -0.05) is 64.9 Å². The van der Waals surface area contributed by atoms with Gasteiger partial charge in [0.1, 0.15) is 11.3 Å². The van der Waals surface area contributed by atoms with Crippen molar-refractivity contribution in [3.8, 4) is 34.3 Å². The van der Waals surface area contributed by atoms with Crippen LogP contribution in [0.4, 0.5) is 13.2 Å². The zero-order valence-electron chi connectivity index (χ0n) is 20.7. The fourth-order valence-corrected chi connectivity index (χ4v) is 4.01. The summed E-state index contributed by atoms with van der Waals surface area (Å²) in [5, 5.41) is 20.5. The van der Waals surface area contributed by atoms with E-state index in [1.807, 2.05) is 30.7 Å². The number of nitrogens with one attached hydrogen (secondary N) is 1. The monoisotopic (exact) mass is 537 g/mol. The zero-order chi connectivity index (χ0) is 27.7. The van der Waals surface area contributed by atoms with Gasteiger partial charge < -0.3 is 24.0 Å². The van der Waals surface area contributed by atoms with Gasteiger partial charge in [0.05, 0.1) is 6.54 Å². The molecule has 39 heavy (non-hydrogen) atoms. The number of benzene rings is 2. The highest BCUT2D eigenvalue weighted by atomic mass is 19.4. The topological polar surface area (TPSA) is 119 Å². The molecule has 3 aromatic heterocycles. The average Bonchev–Trinajstić information content (AvgIpc) is 3.67. The fourth-order valence-electron chi connectivity index (χ4n) is 4.01. The van der Waals surface area contributed by atoms with Crippen molar-refractivity contribution in [2.45, 2.75) is 25.7 Å². The predicted octanol–water partition coefficient (Wildman–Crippen LogP) is 5.07. The molecule has 1 atom stereocenters. The highest BCUT2D eigenvalue weighted by molar-refractivity contribution is 5.82. The second-order valence-corrected chi connectivity index (χ2v) is 8.79. The molecule has 1 unspecified atom stereocenters. The number of hydrogen-bond acceptors (Lipinski definition) is 7. The Bertz CT molecular complexity index is 1600. The van der Waals surface area contributed by atoms with Crippen molar-refractivity contribution >= 4 is 5.91 Å². The summed E-state index contributed by atoms with van der Waals surface area (Å²) in [6.07, 6.45) is -6.23. The van der Waals surface area contributed by atoms with Crippen molar-refractivity contribution in [3.05, 3.63) is 89.2 Å². The first-order valence-corrected chi connectivity index (χ1v) is 11.8. The van der Waals surface area contributed by atoms with Crippen LogP contribution in [-0.4, -0.2) is 30.9 Å². The number of amides is 1. The van der Waals surface area contributed by atoms with Crippen LogP contribution < -0.4 is 5.32 Å². The molecule has 0 saturated heterocycles. The molecule has 0 fully saturated rings. The summed E-state index contributed by atoms with van der Waals surface area (Å²) in [4.78, 5) is 16.5. The molecule has 2 aromatic carbocycles. The van der Waals surface area contributed by atoms with Gasteiger partial charge in [-0.05, 0) is 24.6 Å². The minimum atomic E-state index is -4.80. The third-order valence-corrected chi connectivity index (χ3v) is 6.30. The molecule has 1 amide bonds. The van der Waals surface area contributed by atoms with Gasteiger partial charge in [-0.3, -0.25) is 4.79 Å². The number of alkyl halides is 3. The van der Waals surface area contributed by atoms with Crippen molar-refractivity contribution < 1.29 is 32.1 Å². The Morgan fingerprint density at radius 2 is 1.72 bits per heavy atom. The molecule has 0 aliphatic heterocycles. The standard InChI is InChI=1S/C27H22F3N5O4/c1-15-8-13-19(35(15)2)14-31-25(37)22(36)17-9-11-18(12-10-17)24-32-26(39-34-24)23-20(27(28,29)30)21(33-38-23)16-6-4-3-5-7-16/h3-13,22,36H,14H2,1-2H3,(H,31,37). The summed E-state index contributed by atoms with van der Waals surface area (Å²) >= 11 is 0. The van der Waals surface area contributed by atoms with Crippen molar-refractivity contribution in [3.63, 3.8) is 0 Å². The van der Waals surface area contributed by atoms with Crippen LogP contribution in [0.15, 0.2) is 75.8 Å². The third-order valence-electron chi connectivity index (χ3n) is 6.30. The SMILES string of the molecule is Cc1ccc(CNC(=O)C(O)c2ccc(-c3noc(-c4onc(-c5ccccc5)c4C(F)(F)F)n3)cc2)n1C. The highest BCUT2D eigenvalue weighted by Gasteiger charge is 2.43. The van der Waals surface area contributed by atoms with Crippen LogP contribution in [0.2, 0.25) is 0 Å². The van der Waals surface area contributed by atoms with Gasteiger partial charge in [0.15, 0.2) is 6.10 Å². The lowest BCUT2D eigenvalue weighted by Crippen LogP contribution is -2.29. The largest absolute Gasteiger partial charge is 0.422 e. The van der Waals surface area contributed by atoms with Crippen LogP contribution in [0.25, 0.3) is 34.3 Å². The maximum atomic E-state index is 14.0. The van der Waals surface area contributed by atoms with Crippen LogP contribution >= 0.6 is 0 Å². The molecular weight excluding hydrogens is 515 g/mol. The number of aromatic nitrogens is 4.